The first-order valence-corrected chi connectivity index (χ1v) is 9.52. The predicted octanol–water partition coefficient (Wildman–Crippen LogP) is 2.29. The lowest BCUT2D eigenvalue weighted by Crippen LogP contribution is -2.53. The van der Waals surface area contributed by atoms with Gasteiger partial charge in [-0.3, -0.25) is 0 Å². The summed E-state index contributed by atoms with van der Waals surface area (Å²) < 4.78 is 25.8. The van der Waals surface area contributed by atoms with Crippen molar-refractivity contribution in [1.82, 2.24) is 0 Å². The SMILES string of the molecule is OCCC1CCC2OC3C[C@]2(C[C@H]2OC4(CCCCC4)O[C@@H]32)O1. The van der Waals surface area contributed by atoms with Crippen LogP contribution in [0.15, 0.2) is 0 Å². The fraction of sp³-hybridized carbons (Fsp3) is 1.00. The van der Waals surface area contributed by atoms with Gasteiger partial charge >= 0.3 is 0 Å². The van der Waals surface area contributed by atoms with Crippen molar-refractivity contribution in [2.75, 3.05) is 6.61 Å². The molecule has 5 rings (SSSR count). The van der Waals surface area contributed by atoms with Crippen molar-refractivity contribution in [2.24, 2.45) is 0 Å². The molecule has 5 fully saturated rings. The summed E-state index contributed by atoms with van der Waals surface area (Å²) in [5, 5.41) is 9.24. The molecule has 2 bridgehead atoms. The Bertz CT molecular complexity index is 462. The zero-order chi connectivity index (χ0) is 15.5. The highest BCUT2D eigenvalue weighted by molar-refractivity contribution is 5.12. The molecule has 2 aliphatic carbocycles. The maximum atomic E-state index is 9.24. The summed E-state index contributed by atoms with van der Waals surface area (Å²) in [6.07, 6.45) is 11.0. The zero-order valence-electron chi connectivity index (χ0n) is 13.7. The molecule has 0 amide bonds. The van der Waals surface area contributed by atoms with E-state index in [0.29, 0.717) is 0 Å². The van der Waals surface area contributed by atoms with Crippen LogP contribution in [0.2, 0.25) is 0 Å². The molecule has 2 spiro atoms. The smallest absolute Gasteiger partial charge is 0.169 e. The van der Waals surface area contributed by atoms with Gasteiger partial charge in [0, 0.05) is 32.3 Å². The highest BCUT2D eigenvalue weighted by Crippen LogP contribution is 2.55. The molecule has 1 N–H and O–H groups in total. The van der Waals surface area contributed by atoms with Crippen LogP contribution in [-0.4, -0.2) is 53.6 Å². The Kier molecular flexibility index (Phi) is 3.54. The Morgan fingerprint density at radius 1 is 0.913 bits per heavy atom. The first kappa shape index (κ1) is 15.1. The normalized spacial score (nSPS) is 50.7. The average molecular weight is 324 g/mol. The van der Waals surface area contributed by atoms with Crippen LogP contribution in [0, 0.1) is 0 Å². The molecule has 0 aromatic carbocycles. The number of hydrogen-bond acceptors (Lipinski definition) is 5. The van der Waals surface area contributed by atoms with Crippen molar-refractivity contribution in [3.8, 4) is 0 Å². The van der Waals surface area contributed by atoms with Crippen molar-refractivity contribution in [3.63, 3.8) is 0 Å². The summed E-state index contributed by atoms with van der Waals surface area (Å²) in [4.78, 5) is 0. The second-order valence-electron chi connectivity index (χ2n) is 8.18. The van der Waals surface area contributed by atoms with Gasteiger partial charge in [0.05, 0.1) is 30.0 Å². The fourth-order valence-corrected chi connectivity index (χ4v) is 5.68. The number of aliphatic hydroxyl groups excluding tert-OH is 1. The third-order valence-corrected chi connectivity index (χ3v) is 6.69. The molecule has 23 heavy (non-hydrogen) atoms. The average Bonchev–Trinajstić information content (AvgIpc) is 3.04. The minimum atomic E-state index is -0.341. The Labute approximate surface area is 137 Å². The van der Waals surface area contributed by atoms with E-state index in [4.69, 9.17) is 18.9 Å². The van der Waals surface area contributed by atoms with Gasteiger partial charge in [0.25, 0.3) is 0 Å². The molecule has 130 valence electrons. The summed E-state index contributed by atoms with van der Waals surface area (Å²) >= 11 is 0. The molecule has 0 aromatic rings. The number of aliphatic hydroxyl groups is 1. The predicted molar refractivity (Wildman–Crippen MR) is 82.0 cm³/mol. The first-order chi connectivity index (χ1) is 11.2. The van der Waals surface area contributed by atoms with E-state index in [2.05, 4.69) is 0 Å². The zero-order valence-corrected chi connectivity index (χ0v) is 13.7. The van der Waals surface area contributed by atoms with E-state index < -0.39 is 0 Å². The van der Waals surface area contributed by atoms with Gasteiger partial charge in [0.15, 0.2) is 5.79 Å². The lowest BCUT2D eigenvalue weighted by Gasteiger charge is -2.44. The molecule has 6 atom stereocenters. The summed E-state index contributed by atoms with van der Waals surface area (Å²) in [5.41, 5.74) is -0.201. The molecular weight excluding hydrogens is 296 g/mol. The van der Waals surface area contributed by atoms with E-state index in [1.807, 2.05) is 0 Å². The molecule has 3 heterocycles. The van der Waals surface area contributed by atoms with Gasteiger partial charge in [0.2, 0.25) is 0 Å². The maximum Gasteiger partial charge on any atom is 0.169 e. The van der Waals surface area contributed by atoms with Crippen molar-refractivity contribution in [3.05, 3.63) is 0 Å². The van der Waals surface area contributed by atoms with Gasteiger partial charge in [0.1, 0.15) is 6.10 Å². The van der Waals surface area contributed by atoms with Crippen molar-refractivity contribution in [1.29, 1.82) is 0 Å². The Morgan fingerprint density at radius 2 is 1.74 bits per heavy atom. The molecule has 0 aromatic heterocycles. The molecule has 3 saturated heterocycles. The lowest BCUT2D eigenvalue weighted by atomic mass is 9.76. The Morgan fingerprint density at radius 3 is 2.57 bits per heavy atom. The van der Waals surface area contributed by atoms with Gasteiger partial charge in [-0.05, 0) is 32.1 Å². The molecule has 5 nitrogen and oxygen atoms in total. The highest BCUT2D eigenvalue weighted by atomic mass is 16.8. The molecule has 0 radical (unpaired) electrons. The van der Waals surface area contributed by atoms with Gasteiger partial charge in [-0.25, -0.2) is 0 Å². The van der Waals surface area contributed by atoms with Gasteiger partial charge in [-0.15, -0.1) is 0 Å². The van der Waals surface area contributed by atoms with E-state index in [-0.39, 0.29) is 48.5 Å². The molecule has 2 saturated carbocycles. The lowest BCUT2D eigenvalue weighted by molar-refractivity contribution is -0.216. The largest absolute Gasteiger partial charge is 0.396 e. The maximum absolute atomic E-state index is 9.24. The molecular formula is C18H28O5. The van der Waals surface area contributed by atoms with Crippen molar-refractivity contribution in [2.45, 2.75) is 106 Å². The first-order valence-electron chi connectivity index (χ1n) is 9.52. The number of rotatable bonds is 2. The standard InChI is InChI=1S/C18H28O5/c19-9-6-12-4-5-15-17(21-12)10-13(20-15)16-14(11-17)22-18(23-16)7-2-1-3-8-18/h12-16,19H,1-11H2/t12?,13?,14-,15?,16+,17-/m1/s1. The van der Waals surface area contributed by atoms with Crippen LogP contribution < -0.4 is 0 Å². The molecule has 5 heteroatoms. The summed E-state index contributed by atoms with van der Waals surface area (Å²) in [6, 6.07) is 0. The van der Waals surface area contributed by atoms with Gasteiger partial charge in [-0.2, -0.15) is 0 Å². The van der Waals surface area contributed by atoms with E-state index in [0.717, 1.165) is 44.9 Å². The monoisotopic (exact) mass is 324 g/mol. The van der Waals surface area contributed by atoms with Crippen molar-refractivity contribution >= 4 is 0 Å². The van der Waals surface area contributed by atoms with Crippen LogP contribution in [0.4, 0.5) is 0 Å². The van der Waals surface area contributed by atoms with Crippen LogP contribution in [0.1, 0.15) is 64.2 Å². The summed E-state index contributed by atoms with van der Waals surface area (Å²) in [7, 11) is 0. The quantitative estimate of drug-likeness (QED) is 0.844. The second-order valence-corrected chi connectivity index (χ2v) is 8.18. The molecule has 5 aliphatic rings. The number of ether oxygens (including phenoxy) is 4. The van der Waals surface area contributed by atoms with E-state index in [9.17, 15) is 5.11 Å². The van der Waals surface area contributed by atoms with E-state index in [1.165, 1.54) is 19.3 Å². The van der Waals surface area contributed by atoms with E-state index in [1.54, 1.807) is 0 Å². The van der Waals surface area contributed by atoms with Gasteiger partial charge < -0.3 is 24.1 Å². The van der Waals surface area contributed by atoms with Crippen molar-refractivity contribution < 1.29 is 24.1 Å². The number of hydrogen-bond donors (Lipinski definition) is 1. The topological polar surface area (TPSA) is 57.2 Å². The van der Waals surface area contributed by atoms with Crippen LogP contribution in [0.25, 0.3) is 0 Å². The van der Waals surface area contributed by atoms with E-state index >= 15 is 0 Å². The fourth-order valence-electron chi connectivity index (χ4n) is 5.68. The summed E-state index contributed by atoms with van der Waals surface area (Å²) in [6.45, 7) is 0.199. The highest BCUT2D eigenvalue weighted by Gasteiger charge is 2.65. The Hall–Kier alpha value is -0.200. The Balaban J connectivity index is 1.36. The molecule has 3 unspecified atom stereocenters. The number of fused-ring (bicyclic) bond motifs is 3. The van der Waals surface area contributed by atoms with Crippen LogP contribution >= 0.6 is 0 Å². The van der Waals surface area contributed by atoms with Crippen LogP contribution in [0.5, 0.6) is 0 Å². The minimum Gasteiger partial charge on any atom is -0.396 e. The second kappa shape index (κ2) is 5.40. The molecule has 3 aliphatic heterocycles. The third kappa shape index (κ3) is 2.31. The third-order valence-electron chi connectivity index (χ3n) is 6.69. The van der Waals surface area contributed by atoms with Crippen LogP contribution in [0.3, 0.4) is 0 Å². The summed E-state index contributed by atoms with van der Waals surface area (Å²) in [5.74, 6) is -0.341. The van der Waals surface area contributed by atoms with Crippen LogP contribution in [-0.2, 0) is 18.9 Å². The van der Waals surface area contributed by atoms with Gasteiger partial charge in [-0.1, -0.05) is 6.42 Å². The minimum absolute atomic E-state index is 0.0872.